The first kappa shape index (κ1) is 19.5. The number of aryl methyl sites for hydroxylation is 2. The van der Waals surface area contributed by atoms with E-state index >= 15 is 0 Å². The molecule has 29 heavy (non-hydrogen) atoms. The molecule has 0 unspecified atom stereocenters. The van der Waals surface area contributed by atoms with E-state index in [-0.39, 0.29) is 17.4 Å². The lowest BCUT2D eigenvalue weighted by molar-refractivity contribution is -0.137. The number of amides is 2. The van der Waals surface area contributed by atoms with Crippen LogP contribution < -0.4 is 0 Å². The highest BCUT2D eigenvalue weighted by molar-refractivity contribution is 5.96. The van der Waals surface area contributed by atoms with Gasteiger partial charge >= 0.3 is 6.18 Å². The van der Waals surface area contributed by atoms with Crippen molar-refractivity contribution in [2.45, 2.75) is 25.4 Å². The second-order valence-electron chi connectivity index (χ2n) is 7.50. The van der Waals surface area contributed by atoms with Crippen LogP contribution >= 0.6 is 0 Å². The van der Waals surface area contributed by atoms with E-state index in [0.29, 0.717) is 31.7 Å². The van der Waals surface area contributed by atoms with Crippen molar-refractivity contribution in [1.82, 2.24) is 9.80 Å². The molecule has 0 atom stereocenters. The molecule has 1 aliphatic carbocycles. The molecule has 0 radical (unpaired) electrons. The lowest BCUT2D eigenvalue weighted by Gasteiger charge is -2.35. The lowest BCUT2D eigenvalue weighted by atomic mass is 10.1. The van der Waals surface area contributed by atoms with Gasteiger partial charge in [0.15, 0.2) is 0 Å². The fourth-order valence-electron chi connectivity index (χ4n) is 3.98. The second-order valence-corrected chi connectivity index (χ2v) is 7.50. The summed E-state index contributed by atoms with van der Waals surface area (Å²) in [4.78, 5) is 28.7. The predicted octanol–water partition coefficient (Wildman–Crippen LogP) is 3.79. The van der Waals surface area contributed by atoms with Crippen molar-refractivity contribution >= 4 is 11.8 Å². The summed E-state index contributed by atoms with van der Waals surface area (Å²) in [5, 5.41) is 0. The average molecular weight is 402 g/mol. The Morgan fingerprint density at radius 3 is 1.83 bits per heavy atom. The SMILES string of the molecule is O=C(c1ccc(C(F)(F)F)cc1)N1CCN(C(=O)c2ccc3c(c2)CCC3)CC1. The quantitative estimate of drug-likeness (QED) is 0.767. The third kappa shape index (κ3) is 3.99. The fraction of sp³-hybridized carbons (Fsp3) is 0.364. The van der Waals surface area contributed by atoms with Crippen molar-refractivity contribution in [2.75, 3.05) is 26.2 Å². The molecule has 1 aliphatic heterocycles. The molecule has 1 heterocycles. The first-order chi connectivity index (χ1) is 13.8. The standard InChI is InChI=1S/C22H21F3N2O2/c23-22(24,25)19-8-6-16(7-9-19)20(28)26-10-12-27(13-11-26)21(29)18-5-4-15-2-1-3-17(15)14-18/h4-9,14H,1-3,10-13H2. The zero-order valence-electron chi connectivity index (χ0n) is 15.8. The molecule has 2 amide bonds. The smallest absolute Gasteiger partial charge is 0.335 e. The molecule has 0 N–H and O–H groups in total. The summed E-state index contributed by atoms with van der Waals surface area (Å²) in [6.07, 6.45) is -1.23. The lowest BCUT2D eigenvalue weighted by Crippen LogP contribution is -2.50. The molecule has 4 nitrogen and oxygen atoms in total. The van der Waals surface area contributed by atoms with E-state index < -0.39 is 11.7 Å². The average Bonchev–Trinajstić information content (AvgIpc) is 3.20. The maximum absolute atomic E-state index is 12.8. The summed E-state index contributed by atoms with van der Waals surface area (Å²) in [6.45, 7) is 1.53. The molecule has 2 aliphatic rings. The summed E-state index contributed by atoms with van der Waals surface area (Å²) >= 11 is 0. The molecule has 4 rings (SSSR count). The molecule has 1 fully saturated rings. The van der Waals surface area contributed by atoms with Crippen LogP contribution in [0.4, 0.5) is 13.2 Å². The molecule has 152 valence electrons. The van der Waals surface area contributed by atoms with Gasteiger partial charge in [0.2, 0.25) is 0 Å². The first-order valence-corrected chi connectivity index (χ1v) is 9.70. The van der Waals surface area contributed by atoms with Crippen LogP contribution in [0.25, 0.3) is 0 Å². The number of rotatable bonds is 2. The minimum atomic E-state index is -4.43. The van der Waals surface area contributed by atoms with Crippen molar-refractivity contribution in [1.29, 1.82) is 0 Å². The van der Waals surface area contributed by atoms with Gasteiger partial charge in [0.1, 0.15) is 0 Å². The van der Waals surface area contributed by atoms with Gasteiger partial charge in [-0.1, -0.05) is 6.07 Å². The number of benzene rings is 2. The van der Waals surface area contributed by atoms with E-state index in [1.807, 2.05) is 18.2 Å². The molecule has 0 saturated carbocycles. The highest BCUT2D eigenvalue weighted by Gasteiger charge is 2.31. The number of fused-ring (bicyclic) bond motifs is 1. The summed E-state index contributed by atoms with van der Waals surface area (Å²) in [6, 6.07) is 10.1. The molecular weight excluding hydrogens is 381 g/mol. The number of halogens is 3. The number of hydrogen-bond acceptors (Lipinski definition) is 2. The molecule has 2 aromatic carbocycles. The normalized spacial score (nSPS) is 16.7. The highest BCUT2D eigenvalue weighted by Crippen LogP contribution is 2.29. The van der Waals surface area contributed by atoms with Crippen LogP contribution in [0.1, 0.15) is 43.8 Å². The Morgan fingerprint density at radius 2 is 1.24 bits per heavy atom. The topological polar surface area (TPSA) is 40.6 Å². The van der Waals surface area contributed by atoms with Crippen LogP contribution in [-0.2, 0) is 19.0 Å². The van der Waals surface area contributed by atoms with Gasteiger partial charge < -0.3 is 9.80 Å². The van der Waals surface area contributed by atoms with Gasteiger partial charge in [-0.05, 0) is 66.8 Å². The van der Waals surface area contributed by atoms with Crippen molar-refractivity contribution < 1.29 is 22.8 Å². The number of nitrogens with zero attached hydrogens (tertiary/aromatic N) is 2. The van der Waals surface area contributed by atoms with Crippen molar-refractivity contribution in [2.24, 2.45) is 0 Å². The Hall–Kier alpha value is -2.83. The zero-order chi connectivity index (χ0) is 20.6. The van der Waals surface area contributed by atoms with Gasteiger partial charge in [-0.3, -0.25) is 9.59 Å². The van der Waals surface area contributed by atoms with E-state index in [9.17, 15) is 22.8 Å². The molecule has 0 bridgehead atoms. The third-order valence-corrected chi connectivity index (χ3v) is 5.66. The largest absolute Gasteiger partial charge is 0.416 e. The number of piperazine rings is 1. The van der Waals surface area contributed by atoms with Crippen LogP contribution in [-0.4, -0.2) is 47.8 Å². The maximum atomic E-state index is 12.8. The number of hydrogen-bond donors (Lipinski definition) is 0. The Balaban J connectivity index is 1.37. The first-order valence-electron chi connectivity index (χ1n) is 9.70. The number of carbonyl (C=O) groups is 2. The van der Waals surface area contributed by atoms with E-state index in [0.717, 1.165) is 31.4 Å². The van der Waals surface area contributed by atoms with Gasteiger partial charge in [0.05, 0.1) is 5.56 Å². The zero-order valence-corrected chi connectivity index (χ0v) is 15.8. The molecule has 2 aromatic rings. The summed E-state index contributed by atoms with van der Waals surface area (Å²) in [7, 11) is 0. The highest BCUT2D eigenvalue weighted by atomic mass is 19.4. The van der Waals surface area contributed by atoms with Gasteiger partial charge in [-0.15, -0.1) is 0 Å². The fourth-order valence-corrected chi connectivity index (χ4v) is 3.98. The Bertz CT molecular complexity index is 930. The van der Waals surface area contributed by atoms with Gasteiger partial charge in [-0.25, -0.2) is 0 Å². The van der Waals surface area contributed by atoms with Crippen molar-refractivity contribution in [3.05, 3.63) is 70.3 Å². The second kappa shape index (κ2) is 7.54. The van der Waals surface area contributed by atoms with Gasteiger partial charge in [-0.2, -0.15) is 13.2 Å². The van der Waals surface area contributed by atoms with E-state index in [1.54, 1.807) is 9.80 Å². The van der Waals surface area contributed by atoms with Crippen molar-refractivity contribution in [3.8, 4) is 0 Å². The Morgan fingerprint density at radius 1 is 0.724 bits per heavy atom. The van der Waals surface area contributed by atoms with Crippen LogP contribution in [0, 0.1) is 0 Å². The molecule has 0 spiro atoms. The van der Waals surface area contributed by atoms with Crippen molar-refractivity contribution in [3.63, 3.8) is 0 Å². The summed E-state index contributed by atoms with van der Waals surface area (Å²) < 4.78 is 38.0. The van der Waals surface area contributed by atoms with E-state index in [1.165, 1.54) is 23.3 Å². The molecular formula is C22H21F3N2O2. The predicted molar refractivity (Wildman–Crippen MR) is 102 cm³/mol. The minimum absolute atomic E-state index is 0.0404. The van der Waals surface area contributed by atoms with Crippen LogP contribution in [0.2, 0.25) is 0 Å². The monoisotopic (exact) mass is 402 g/mol. The van der Waals surface area contributed by atoms with E-state index in [4.69, 9.17) is 0 Å². The molecule has 0 aromatic heterocycles. The van der Waals surface area contributed by atoms with Gasteiger partial charge in [0.25, 0.3) is 11.8 Å². The van der Waals surface area contributed by atoms with Crippen LogP contribution in [0.3, 0.4) is 0 Å². The maximum Gasteiger partial charge on any atom is 0.416 e. The number of carbonyl (C=O) groups excluding carboxylic acids is 2. The van der Waals surface area contributed by atoms with Crippen LogP contribution in [0.5, 0.6) is 0 Å². The van der Waals surface area contributed by atoms with Crippen LogP contribution in [0.15, 0.2) is 42.5 Å². The molecule has 1 saturated heterocycles. The van der Waals surface area contributed by atoms with E-state index in [2.05, 4.69) is 0 Å². The summed E-state index contributed by atoms with van der Waals surface area (Å²) in [5.41, 5.74) is 2.67. The number of alkyl halides is 3. The minimum Gasteiger partial charge on any atom is -0.335 e. The Labute approximate surface area is 166 Å². The summed E-state index contributed by atoms with van der Waals surface area (Å²) in [5.74, 6) is -0.357. The third-order valence-electron chi connectivity index (χ3n) is 5.66. The molecule has 7 heteroatoms. The Kier molecular flexibility index (Phi) is 5.06. The van der Waals surface area contributed by atoms with Gasteiger partial charge in [0, 0.05) is 37.3 Å².